The number of hydrogen-bond donors (Lipinski definition) is 1. The van der Waals surface area contributed by atoms with Crippen molar-refractivity contribution in [2.75, 3.05) is 6.54 Å². The molecule has 0 radical (unpaired) electrons. The van der Waals surface area contributed by atoms with Gasteiger partial charge < -0.3 is 5.73 Å². The van der Waals surface area contributed by atoms with Gasteiger partial charge in [-0.25, -0.2) is 15.0 Å². The molecule has 0 saturated carbocycles. The molecule has 0 atom stereocenters. The smallest absolute Gasteiger partial charge is 0.142 e. The monoisotopic (exact) mass is 217 g/mol. The third-order valence-electron chi connectivity index (χ3n) is 2.28. The van der Waals surface area contributed by atoms with Crippen LogP contribution in [0, 0.1) is 13.8 Å². The minimum atomic E-state index is 0.583. The molecular formula is C11H15N5. The molecule has 0 fully saturated rings. The largest absolute Gasteiger partial charge is 0.330 e. The van der Waals surface area contributed by atoms with Crippen LogP contribution in [-0.4, -0.2) is 26.1 Å². The number of rotatable bonds is 3. The molecule has 2 aromatic heterocycles. The highest BCUT2D eigenvalue weighted by Gasteiger charge is 2.06. The molecule has 2 N–H and O–H groups in total. The molecule has 84 valence electrons. The van der Waals surface area contributed by atoms with Crippen molar-refractivity contribution in [3.05, 3.63) is 35.8 Å². The van der Waals surface area contributed by atoms with Crippen molar-refractivity contribution in [2.45, 2.75) is 20.3 Å². The van der Waals surface area contributed by atoms with Gasteiger partial charge in [0.25, 0.3) is 0 Å². The van der Waals surface area contributed by atoms with E-state index in [1.54, 1.807) is 6.20 Å². The molecule has 5 heteroatoms. The summed E-state index contributed by atoms with van der Waals surface area (Å²) in [5.74, 6) is 2.55. The van der Waals surface area contributed by atoms with Gasteiger partial charge >= 0.3 is 0 Å². The number of imidazole rings is 1. The predicted molar refractivity (Wildman–Crippen MR) is 61.4 cm³/mol. The van der Waals surface area contributed by atoms with Crippen molar-refractivity contribution in [3.63, 3.8) is 0 Å². The van der Waals surface area contributed by atoms with Crippen LogP contribution >= 0.6 is 0 Å². The lowest BCUT2D eigenvalue weighted by molar-refractivity contribution is 0.811. The number of nitrogens with zero attached hydrogens (tertiary/aromatic N) is 4. The van der Waals surface area contributed by atoms with Crippen molar-refractivity contribution in [1.82, 2.24) is 19.5 Å². The summed E-state index contributed by atoms with van der Waals surface area (Å²) in [6, 6.07) is 1.94. The van der Waals surface area contributed by atoms with Crippen molar-refractivity contribution >= 4 is 0 Å². The van der Waals surface area contributed by atoms with Gasteiger partial charge in [-0.3, -0.25) is 4.57 Å². The van der Waals surface area contributed by atoms with Gasteiger partial charge in [-0.1, -0.05) is 0 Å². The van der Waals surface area contributed by atoms with Crippen LogP contribution in [0.3, 0.4) is 0 Å². The van der Waals surface area contributed by atoms with E-state index in [-0.39, 0.29) is 0 Å². The molecule has 0 unspecified atom stereocenters. The summed E-state index contributed by atoms with van der Waals surface area (Å²) in [7, 11) is 0. The quantitative estimate of drug-likeness (QED) is 0.824. The molecule has 0 aliphatic rings. The van der Waals surface area contributed by atoms with Crippen LogP contribution in [0.25, 0.3) is 5.82 Å². The first-order valence-electron chi connectivity index (χ1n) is 5.25. The van der Waals surface area contributed by atoms with E-state index >= 15 is 0 Å². The lowest BCUT2D eigenvalue weighted by atomic mass is 10.3. The van der Waals surface area contributed by atoms with E-state index in [2.05, 4.69) is 15.0 Å². The Kier molecular flexibility index (Phi) is 2.96. The molecule has 0 amide bonds. The highest BCUT2D eigenvalue weighted by molar-refractivity contribution is 5.26. The maximum absolute atomic E-state index is 5.54. The summed E-state index contributed by atoms with van der Waals surface area (Å²) in [5, 5.41) is 0. The van der Waals surface area contributed by atoms with E-state index in [4.69, 9.17) is 5.73 Å². The number of aromatic nitrogens is 4. The molecular weight excluding hydrogens is 202 g/mol. The molecule has 0 aromatic carbocycles. The second-order valence-electron chi connectivity index (χ2n) is 3.67. The van der Waals surface area contributed by atoms with Crippen LogP contribution < -0.4 is 5.73 Å². The highest BCUT2D eigenvalue weighted by Crippen LogP contribution is 2.09. The van der Waals surface area contributed by atoms with Crippen LogP contribution in [0.15, 0.2) is 18.5 Å². The van der Waals surface area contributed by atoms with E-state index in [1.807, 2.05) is 30.7 Å². The fourth-order valence-corrected chi connectivity index (χ4v) is 1.68. The van der Waals surface area contributed by atoms with Gasteiger partial charge in [0.15, 0.2) is 0 Å². The summed E-state index contributed by atoms with van der Waals surface area (Å²) >= 11 is 0. The van der Waals surface area contributed by atoms with Gasteiger partial charge in [-0.2, -0.15) is 0 Å². The van der Waals surface area contributed by atoms with Crippen LogP contribution in [0.4, 0.5) is 0 Å². The third-order valence-corrected chi connectivity index (χ3v) is 2.28. The lowest BCUT2D eigenvalue weighted by Gasteiger charge is -2.07. The zero-order valence-corrected chi connectivity index (χ0v) is 9.51. The Hall–Kier alpha value is -1.75. The second-order valence-corrected chi connectivity index (χ2v) is 3.67. The van der Waals surface area contributed by atoms with Crippen molar-refractivity contribution < 1.29 is 0 Å². The maximum Gasteiger partial charge on any atom is 0.142 e. The molecule has 16 heavy (non-hydrogen) atoms. The van der Waals surface area contributed by atoms with E-state index in [0.29, 0.717) is 6.54 Å². The zero-order chi connectivity index (χ0) is 11.5. The zero-order valence-electron chi connectivity index (χ0n) is 9.51. The summed E-state index contributed by atoms with van der Waals surface area (Å²) in [6.45, 7) is 4.42. The first kappa shape index (κ1) is 10.8. The van der Waals surface area contributed by atoms with Crippen molar-refractivity contribution in [3.8, 4) is 5.82 Å². The van der Waals surface area contributed by atoms with E-state index < -0.39 is 0 Å². The van der Waals surface area contributed by atoms with Gasteiger partial charge in [0.2, 0.25) is 0 Å². The molecule has 0 aliphatic heterocycles. The van der Waals surface area contributed by atoms with Gasteiger partial charge in [0.1, 0.15) is 17.5 Å². The van der Waals surface area contributed by atoms with Crippen LogP contribution in [0.2, 0.25) is 0 Å². The molecule has 5 nitrogen and oxygen atoms in total. The van der Waals surface area contributed by atoms with E-state index in [0.717, 1.165) is 29.6 Å². The minimum absolute atomic E-state index is 0.583. The lowest BCUT2D eigenvalue weighted by Crippen LogP contribution is -2.10. The predicted octanol–water partition coefficient (Wildman–Crippen LogP) is 0.780. The highest BCUT2D eigenvalue weighted by atomic mass is 15.1. The topological polar surface area (TPSA) is 69.6 Å². The molecule has 0 saturated heterocycles. The SMILES string of the molecule is Cc1cc(-n2ccnc2CCN)nc(C)n1. The average Bonchev–Trinajstić information content (AvgIpc) is 2.65. The number of aryl methyl sites for hydroxylation is 2. The van der Waals surface area contributed by atoms with Gasteiger partial charge in [0.05, 0.1) is 0 Å². The molecule has 0 aliphatic carbocycles. The van der Waals surface area contributed by atoms with Crippen LogP contribution in [0.5, 0.6) is 0 Å². The summed E-state index contributed by atoms with van der Waals surface area (Å²) < 4.78 is 1.95. The first-order chi connectivity index (χ1) is 7.70. The molecule has 2 heterocycles. The standard InChI is InChI=1S/C11H15N5/c1-8-7-11(15-9(2)14-8)16-6-5-13-10(16)3-4-12/h5-7H,3-4,12H2,1-2H3. The fourth-order valence-electron chi connectivity index (χ4n) is 1.68. The van der Waals surface area contributed by atoms with Gasteiger partial charge in [-0.15, -0.1) is 0 Å². The Balaban J connectivity index is 2.45. The van der Waals surface area contributed by atoms with Crippen molar-refractivity contribution in [2.24, 2.45) is 5.73 Å². The Morgan fingerprint density at radius 3 is 2.81 bits per heavy atom. The Morgan fingerprint density at radius 1 is 1.31 bits per heavy atom. The first-order valence-corrected chi connectivity index (χ1v) is 5.25. The molecule has 0 spiro atoms. The van der Waals surface area contributed by atoms with Crippen molar-refractivity contribution in [1.29, 1.82) is 0 Å². The van der Waals surface area contributed by atoms with Gasteiger partial charge in [0, 0.05) is 30.6 Å². The molecule has 0 bridgehead atoms. The minimum Gasteiger partial charge on any atom is -0.330 e. The third kappa shape index (κ3) is 2.09. The Bertz CT molecular complexity index is 469. The van der Waals surface area contributed by atoms with E-state index in [1.165, 1.54) is 0 Å². The average molecular weight is 217 g/mol. The second kappa shape index (κ2) is 4.40. The Morgan fingerprint density at radius 2 is 2.12 bits per heavy atom. The normalized spacial score (nSPS) is 10.7. The summed E-state index contributed by atoms with van der Waals surface area (Å²) in [4.78, 5) is 12.9. The number of nitrogens with two attached hydrogens (primary N) is 1. The van der Waals surface area contributed by atoms with Crippen LogP contribution in [0.1, 0.15) is 17.3 Å². The van der Waals surface area contributed by atoms with Crippen LogP contribution in [-0.2, 0) is 6.42 Å². The van der Waals surface area contributed by atoms with Gasteiger partial charge in [-0.05, 0) is 20.4 Å². The number of hydrogen-bond acceptors (Lipinski definition) is 4. The molecule has 2 rings (SSSR count). The van der Waals surface area contributed by atoms with E-state index in [9.17, 15) is 0 Å². The molecule has 2 aromatic rings. The Labute approximate surface area is 94.4 Å². The summed E-state index contributed by atoms with van der Waals surface area (Å²) in [5.41, 5.74) is 6.49. The summed E-state index contributed by atoms with van der Waals surface area (Å²) in [6.07, 6.45) is 4.40. The maximum atomic E-state index is 5.54. The fraction of sp³-hybridized carbons (Fsp3) is 0.364.